The number of amides is 2. The number of alkyl halides is 6. The number of aromatic nitrogens is 10. The van der Waals surface area contributed by atoms with E-state index in [1.807, 2.05) is 0 Å². The molecule has 0 saturated heterocycles. The summed E-state index contributed by atoms with van der Waals surface area (Å²) in [5.74, 6) is -3.27. The molecule has 0 atom stereocenters. The van der Waals surface area contributed by atoms with E-state index in [9.17, 15) is 40.5 Å². The SMILES string of the molecule is CNC(=O)c1nc(-c2cnn(CCCO)c2)ccc1Nc1nc(Nc2ccc(CO[P+](=O)OCc3ccc(Nc4ncc(C(F)(F)F)c(Nc5ccc(-c6cnn(CCCO)c6)nc5C(=O)NC)n4)c(Br)c3)cc2Br)ncc1C(F)(F)F. The summed E-state index contributed by atoms with van der Waals surface area (Å²) in [4.78, 5) is 50.7. The normalized spacial score (nSPS) is 11.6. The Morgan fingerprint density at radius 1 is 0.585 bits per heavy atom. The van der Waals surface area contributed by atoms with Gasteiger partial charge in [-0.05, 0) is 104 Å². The zero-order chi connectivity index (χ0) is 58.7. The third kappa shape index (κ3) is 15.3. The van der Waals surface area contributed by atoms with Crippen LogP contribution in [0, 0.1) is 0 Å². The van der Waals surface area contributed by atoms with Crippen molar-refractivity contribution in [3.05, 3.63) is 140 Å². The van der Waals surface area contributed by atoms with E-state index in [2.05, 4.69) is 104 Å². The van der Waals surface area contributed by atoms with Gasteiger partial charge in [0.2, 0.25) is 11.9 Å². The molecular weight excluding hydrogens is 1240 g/mol. The smallest absolute Gasteiger partial charge is 0.396 e. The molecule has 8 aromatic rings. The Labute approximate surface area is 479 Å². The zero-order valence-corrected chi connectivity index (χ0v) is 46.8. The van der Waals surface area contributed by atoms with E-state index < -0.39 is 55.2 Å². The van der Waals surface area contributed by atoms with E-state index >= 15 is 0 Å². The number of nitrogens with zero attached hydrogens (tertiary/aromatic N) is 10. The van der Waals surface area contributed by atoms with Crippen LogP contribution in [0.4, 0.5) is 72.6 Å². The first-order valence-electron chi connectivity index (χ1n) is 24.2. The molecule has 32 heteroatoms. The quantitative estimate of drug-likeness (QED) is 0.0206. The van der Waals surface area contributed by atoms with Crippen LogP contribution in [0.1, 0.15) is 56.1 Å². The molecule has 23 nitrogen and oxygen atoms in total. The van der Waals surface area contributed by atoms with E-state index in [0.717, 1.165) is 0 Å². The number of aliphatic hydroxyl groups excluding tert-OH is 2. The van der Waals surface area contributed by atoms with Crippen molar-refractivity contribution < 1.29 is 59.8 Å². The standard InChI is InChI=1S/C50H45Br2F6N16O7P/c1-59-45(77)41-39(11-9-35(65-41)29-19-63-73(23-29)13-3-15-75)67-43-31(49(53,54)55)21-61-47(71-43)69-37-7-5-27(17-33(37)51)25-80-82(79)81-26-28-6-8-38(34(52)18-28)70-48-62-22-32(50(56,57)58)44(72-48)68-40-12-10-36(66-42(40)46(78)60-2)30-20-64-74(24-30)14-4-16-76/h5-12,17-24,75-76H,3-4,13-16,25-26H2,1-2H3,(H5-,59,60,61,62,67,68,69,70,71,72,77,78)/p+1. The fourth-order valence-electron chi connectivity index (χ4n) is 7.50. The molecule has 8 rings (SSSR count). The predicted molar refractivity (Wildman–Crippen MR) is 294 cm³/mol. The maximum absolute atomic E-state index is 14.3. The van der Waals surface area contributed by atoms with Crippen LogP contribution >= 0.6 is 40.1 Å². The van der Waals surface area contributed by atoms with Crippen LogP contribution in [-0.4, -0.2) is 98.8 Å². The van der Waals surface area contributed by atoms with Crippen LogP contribution in [0.5, 0.6) is 0 Å². The van der Waals surface area contributed by atoms with E-state index in [-0.39, 0.29) is 61.1 Å². The maximum Gasteiger partial charge on any atom is 0.698 e. The lowest BCUT2D eigenvalue weighted by Gasteiger charge is -2.17. The molecule has 0 radical (unpaired) electrons. The maximum atomic E-state index is 14.3. The van der Waals surface area contributed by atoms with Crippen LogP contribution in [0.15, 0.2) is 107 Å². The fourth-order valence-corrected chi connectivity index (χ4v) is 9.14. The number of hydrogen-bond acceptors (Lipinski definition) is 19. The van der Waals surface area contributed by atoms with Crippen molar-refractivity contribution in [1.29, 1.82) is 0 Å². The van der Waals surface area contributed by atoms with Crippen molar-refractivity contribution >= 4 is 98.2 Å². The molecule has 8 N–H and O–H groups in total. The first-order valence-corrected chi connectivity index (χ1v) is 26.9. The van der Waals surface area contributed by atoms with Gasteiger partial charge in [-0.1, -0.05) is 12.1 Å². The van der Waals surface area contributed by atoms with Gasteiger partial charge in [0.15, 0.2) is 11.4 Å². The summed E-state index contributed by atoms with van der Waals surface area (Å²) in [6.45, 7) is 0.365. The third-order valence-corrected chi connectivity index (χ3v) is 13.5. The van der Waals surface area contributed by atoms with Gasteiger partial charge in [-0.3, -0.25) is 19.0 Å². The minimum absolute atomic E-state index is 0.0439. The number of aryl methyl sites for hydroxylation is 2. The molecule has 0 saturated carbocycles. The van der Waals surface area contributed by atoms with Crippen molar-refractivity contribution in [2.45, 2.75) is 51.5 Å². The number of nitrogens with one attached hydrogen (secondary N) is 6. The molecular formula is C50H46Br2F6N16O7P+. The fraction of sp³-hybridized carbons (Fsp3) is 0.240. The number of carbonyl (C=O) groups excluding carboxylic acids is 2. The van der Waals surface area contributed by atoms with Gasteiger partial charge in [-0.2, -0.15) is 46.5 Å². The molecule has 6 heterocycles. The van der Waals surface area contributed by atoms with E-state index in [4.69, 9.17) is 19.3 Å². The first-order chi connectivity index (χ1) is 39.2. The van der Waals surface area contributed by atoms with Gasteiger partial charge >= 0.3 is 20.6 Å². The Balaban J connectivity index is 0.883. The molecule has 2 aromatic carbocycles. The van der Waals surface area contributed by atoms with Gasteiger partial charge in [-0.15, -0.1) is 9.05 Å². The Kier molecular flexibility index (Phi) is 19.5. The topological polar surface area (TPSA) is 295 Å². The number of pyridine rings is 2. The second-order valence-corrected chi connectivity index (χ2v) is 20.0. The van der Waals surface area contributed by atoms with Crippen molar-refractivity contribution in [2.24, 2.45) is 0 Å². The highest BCUT2D eigenvalue weighted by molar-refractivity contribution is 9.11. The average molecular weight is 1290 g/mol. The van der Waals surface area contributed by atoms with Gasteiger partial charge < -0.3 is 42.1 Å². The molecule has 0 bridgehead atoms. The predicted octanol–water partition coefficient (Wildman–Crippen LogP) is 10.2. The van der Waals surface area contributed by atoms with Crippen molar-refractivity contribution in [3.63, 3.8) is 0 Å². The van der Waals surface area contributed by atoms with Gasteiger partial charge in [0.25, 0.3) is 11.8 Å². The molecule has 0 spiro atoms. The Bertz CT molecular complexity index is 3400. The van der Waals surface area contributed by atoms with Crippen LogP contribution < -0.4 is 31.9 Å². The van der Waals surface area contributed by atoms with Crippen LogP contribution in [0.2, 0.25) is 0 Å². The second-order valence-electron chi connectivity index (χ2n) is 17.3. The van der Waals surface area contributed by atoms with E-state index in [1.54, 1.807) is 58.2 Å². The first kappa shape index (κ1) is 60.0. The highest BCUT2D eigenvalue weighted by atomic mass is 79.9. The molecule has 0 aliphatic heterocycles. The number of halogens is 8. The van der Waals surface area contributed by atoms with Crippen molar-refractivity contribution in [2.75, 3.05) is 48.6 Å². The summed E-state index contributed by atoms with van der Waals surface area (Å²) in [5, 5.41) is 42.6. The number of benzene rings is 2. The lowest BCUT2D eigenvalue weighted by Crippen LogP contribution is -2.21. The van der Waals surface area contributed by atoms with Gasteiger partial charge in [-0.25, -0.2) is 19.9 Å². The summed E-state index contributed by atoms with van der Waals surface area (Å²) in [7, 11) is -0.0110. The number of aliphatic hydroxyl groups is 2. The van der Waals surface area contributed by atoms with Crippen LogP contribution in [0.3, 0.4) is 0 Å². The highest BCUT2D eigenvalue weighted by Crippen LogP contribution is 2.39. The van der Waals surface area contributed by atoms with Crippen molar-refractivity contribution in [3.8, 4) is 22.5 Å². The Morgan fingerprint density at radius 3 is 1.35 bits per heavy atom. The summed E-state index contributed by atoms with van der Waals surface area (Å²) >= 11 is 6.84. The van der Waals surface area contributed by atoms with Gasteiger partial charge in [0.05, 0.1) is 46.5 Å². The minimum atomic E-state index is -4.91. The molecule has 428 valence electrons. The van der Waals surface area contributed by atoms with Crippen molar-refractivity contribution in [1.82, 2.24) is 60.1 Å². The monoisotopic (exact) mass is 1290 g/mol. The largest absolute Gasteiger partial charge is 0.698 e. The number of hydrogen-bond donors (Lipinski definition) is 8. The number of anilines is 8. The number of carbonyl (C=O) groups is 2. The lowest BCUT2D eigenvalue weighted by molar-refractivity contribution is -0.138. The summed E-state index contributed by atoms with van der Waals surface area (Å²) in [6.07, 6.45) is -1.42. The zero-order valence-electron chi connectivity index (χ0n) is 42.8. The number of rotatable bonds is 24. The molecule has 0 unspecified atom stereocenters. The Morgan fingerprint density at radius 2 is 0.988 bits per heavy atom. The minimum Gasteiger partial charge on any atom is -0.396 e. The van der Waals surface area contributed by atoms with Crippen LogP contribution in [0.25, 0.3) is 22.5 Å². The second kappa shape index (κ2) is 26.7. The lowest BCUT2D eigenvalue weighted by atomic mass is 10.1. The third-order valence-electron chi connectivity index (χ3n) is 11.6. The molecule has 6 aromatic heterocycles. The highest BCUT2D eigenvalue weighted by Gasteiger charge is 2.37. The Hall–Kier alpha value is -8.06. The summed E-state index contributed by atoms with van der Waals surface area (Å²) in [6, 6.07) is 15.2. The molecule has 2 amide bonds. The average Bonchev–Trinajstić information content (AvgIpc) is 4.21. The van der Waals surface area contributed by atoms with E-state index in [0.29, 0.717) is 92.3 Å². The van der Waals surface area contributed by atoms with Crippen LogP contribution in [-0.2, 0) is 52.3 Å². The molecule has 82 heavy (non-hydrogen) atoms. The molecule has 0 aliphatic rings. The van der Waals surface area contributed by atoms with Gasteiger partial charge in [0.1, 0.15) is 36.0 Å². The summed E-state index contributed by atoms with van der Waals surface area (Å²) in [5.41, 5.74) is 0.246. The molecule has 0 fully saturated rings. The molecule has 0 aliphatic carbocycles. The van der Waals surface area contributed by atoms with E-state index in [1.165, 1.54) is 50.8 Å². The van der Waals surface area contributed by atoms with Gasteiger partial charge in [0, 0.05) is 89.8 Å². The summed E-state index contributed by atoms with van der Waals surface area (Å²) < 4.78 is 114.